The third-order valence-corrected chi connectivity index (χ3v) is 3.91. The van der Waals surface area contributed by atoms with E-state index in [0.717, 1.165) is 17.2 Å². The van der Waals surface area contributed by atoms with E-state index in [9.17, 15) is 4.57 Å². The zero-order chi connectivity index (χ0) is 10.5. The minimum absolute atomic E-state index is 0.145. The number of aliphatic hydroxyl groups is 1. The van der Waals surface area contributed by atoms with E-state index in [4.69, 9.17) is 5.11 Å². The van der Waals surface area contributed by atoms with Gasteiger partial charge in [-0.1, -0.05) is 4.57 Å². The molecular formula is C9H22NO2P+2. The molecule has 13 heavy (non-hydrogen) atoms. The molecule has 1 N–H and O–H groups in total. The van der Waals surface area contributed by atoms with Gasteiger partial charge in [0.15, 0.2) is 11.8 Å². The van der Waals surface area contributed by atoms with E-state index in [1.54, 1.807) is 0 Å². The second kappa shape index (κ2) is 5.69. The smallest absolute Gasteiger partial charge is 0.347 e. The molecule has 4 heteroatoms. The number of nitrogens with zero attached hydrogens (tertiary/aromatic N) is 1. The molecule has 78 valence electrons. The summed E-state index contributed by atoms with van der Waals surface area (Å²) in [5, 5.41) is 8.68. The number of aliphatic hydroxyl groups excluding tert-OH is 1. The van der Waals surface area contributed by atoms with Crippen molar-refractivity contribution < 1.29 is 14.2 Å². The first-order valence-corrected chi connectivity index (χ1v) is 6.23. The van der Waals surface area contributed by atoms with Crippen molar-refractivity contribution in [2.45, 2.75) is 19.0 Å². The first kappa shape index (κ1) is 13.0. The van der Waals surface area contributed by atoms with Crippen LogP contribution >= 0.6 is 7.80 Å². The van der Waals surface area contributed by atoms with Crippen molar-refractivity contribution in [3.05, 3.63) is 0 Å². The van der Waals surface area contributed by atoms with Crippen molar-refractivity contribution in [1.29, 1.82) is 0 Å². The molecule has 0 aliphatic heterocycles. The van der Waals surface area contributed by atoms with Gasteiger partial charge in [-0.2, -0.15) is 0 Å². The van der Waals surface area contributed by atoms with Gasteiger partial charge in [-0.15, -0.1) is 0 Å². The average molecular weight is 207 g/mol. The minimum Gasteiger partial charge on any atom is -0.396 e. The van der Waals surface area contributed by atoms with E-state index in [1.807, 2.05) is 6.92 Å². The van der Waals surface area contributed by atoms with Crippen LogP contribution in [-0.4, -0.2) is 55.7 Å². The summed E-state index contributed by atoms with van der Waals surface area (Å²) in [4.78, 5) is 0. The monoisotopic (exact) mass is 207 g/mol. The van der Waals surface area contributed by atoms with Gasteiger partial charge in [0.25, 0.3) is 0 Å². The molecule has 2 unspecified atom stereocenters. The summed E-state index contributed by atoms with van der Waals surface area (Å²) in [5.74, 6) is 0. The minimum atomic E-state index is -1.14. The van der Waals surface area contributed by atoms with Crippen LogP contribution in [0.25, 0.3) is 0 Å². The van der Waals surface area contributed by atoms with E-state index >= 15 is 0 Å². The molecule has 0 rings (SSSR count). The van der Waals surface area contributed by atoms with Gasteiger partial charge in [-0.05, 0) is 6.92 Å². The van der Waals surface area contributed by atoms with Crippen LogP contribution in [0.4, 0.5) is 0 Å². The highest BCUT2D eigenvalue weighted by atomic mass is 31.1. The lowest BCUT2D eigenvalue weighted by molar-refractivity contribution is -0.867. The largest absolute Gasteiger partial charge is 0.396 e. The summed E-state index contributed by atoms with van der Waals surface area (Å²) in [6.07, 6.45) is 1.42. The molecule has 2 atom stereocenters. The van der Waals surface area contributed by atoms with Crippen LogP contribution in [0.2, 0.25) is 0 Å². The molecule has 0 aromatic rings. The molecule has 3 nitrogen and oxygen atoms in total. The Hall–Kier alpha value is 0.0200. The molecule has 0 fully saturated rings. The summed E-state index contributed by atoms with van der Waals surface area (Å²) in [6.45, 7) is 3.03. The first-order valence-electron chi connectivity index (χ1n) is 4.72. The van der Waals surface area contributed by atoms with E-state index in [0.29, 0.717) is 6.42 Å². The topological polar surface area (TPSA) is 37.3 Å². The van der Waals surface area contributed by atoms with Crippen LogP contribution in [0, 0.1) is 0 Å². The Morgan fingerprint density at radius 3 is 2.31 bits per heavy atom. The molecule has 0 heterocycles. The van der Waals surface area contributed by atoms with E-state index in [2.05, 4.69) is 21.1 Å². The van der Waals surface area contributed by atoms with Crippen molar-refractivity contribution >= 4 is 7.80 Å². The van der Waals surface area contributed by atoms with Crippen LogP contribution in [0.5, 0.6) is 0 Å². The fourth-order valence-corrected chi connectivity index (χ4v) is 2.59. The fraction of sp³-hybridized carbons (Fsp3) is 1.00. The quantitative estimate of drug-likeness (QED) is 0.526. The van der Waals surface area contributed by atoms with E-state index in [1.165, 1.54) is 0 Å². The summed E-state index contributed by atoms with van der Waals surface area (Å²) in [6, 6.07) is 0. The van der Waals surface area contributed by atoms with Gasteiger partial charge >= 0.3 is 7.80 Å². The fourth-order valence-electron chi connectivity index (χ4n) is 0.950. The highest BCUT2D eigenvalue weighted by Crippen LogP contribution is 2.29. The molecule has 0 aromatic carbocycles. The van der Waals surface area contributed by atoms with Crippen LogP contribution in [-0.2, 0) is 4.57 Å². The van der Waals surface area contributed by atoms with Gasteiger partial charge in [-0.25, -0.2) is 0 Å². The number of hydrogen-bond donors (Lipinski definition) is 1. The highest BCUT2D eigenvalue weighted by molar-refractivity contribution is 7.45. The number of quaternary nitrogens is 1. The van der Waals surface area contributed by atoms with Gasteiger partial charge in [-0.3, -0.25) is 0 Å². The predicted octanol–water partition coefficient (Wildman–Crippen LogP) is 1.29. The van der Waals surface area contributed by atoms with Crippen LogP contribution < -0.4 is 0 Å². The second-order valence-electron chi connectivity index (χ2n) is 4.52. The first-order chi connectivity index (χ1) is 5.87. The molecule has 0 saturated heterocycles. The van der Waals surface area contributed by atoms with Gasteiger partial charge in [0.2, 0.25) is 0 Å². The SMILES string of the molecule is CC(CCO)[P+](=O)CC[N+](C)(C)C. The Balaban J connectivity index is 3.74. The Morgan fingerprint density at radius 1 is 1.38 bits per heavy atom. The average Bonchev–Trinajstić information content (AvgIpc) is 1.99. The Morgan fingerprint density at radius 2 is 1.92 bits per heavy atom. The lowest BCUT2D eigenvalue weighted by atomic mass is 10.3. The Bertz CT molecular complexity index is 165. The third kappa shape index (κ3) is 7.12. The maximum absolute atomic E-state index is 11.6. The van der Waals surface area contributed by atoms with Crippen molar-refractivity contribution in [3.8, 4) is 0 Å². The Labute approximate surface area is 82.1 Å². The van der Waals surface area contributed by atoms with Gasteiger partial charge in [0.05, 0.1) is 21.1 Å². The normalized spacial score (nSPS) is 15.6. The van der Waals surface area contributed by atoms with Crippen molar-refractivity contribution in [2.75, 3.05) is 40.5 Å². The number of rotatable bonds is 6. The standard InChI is InChI=1S/C9H22NO2P/c1-9(5-7-11)13(12)8-6-10(2,3)4/h9,11H,5-8H2,1-4H3/q+2. The summed E-state index contributed by atoms with van der Waals surface area (Å²) < 4.78 is 12.5. The summed E-state index contributed by atoms with van der Waals surface area (Å²) in [7, 11) is 5.15. The molecule has 0 radical (unpaired) electrons. The molecule has 0 aliphatic rings. The van der Waals surface area contributed by atoms with Gasteiger partial charge in [0.1, 0.15) is 6.54 Å². The molecule has 0 bridgehead atoms. The molecule has 0 amide bonds. The van der Waals surface area contributed by atoms with E-state index < -0.39 is 7.80 Å². The maximum atomic E-state index is 11.6. The van der Waals surface area contributed by atoms with Crippen molar-refractivity contribution in [2.24, 2.45) is 0 Å². The zero-order valence-electron chi connectivity index (χ0n) is 9.16. The molecule has 0 spiro atoms. The summed E-state index contributed by atoms with van der Waals surface area (Å²) in [5.41, 5.74) is 0.159. The highest BCUT2D eigenvalue weighted by Gasteiger charge is 2.27. The maximum Gasteiger partial charge on any atom is 0.347 e. The van der Waals surface area contributed by atoms with Crippen molar-refractivity contribution in [1.82, 2.24) is 0 Å². The summed E-state index contributed by atoms with van der Waals surface area (Å²) >= 11 is 0. The Kier molecular flexibility index (Phi) is 5.70. The molecule has 0 saturated carbocycles. The third-order valence-electron chi connectivity index (χ3n) is 2.03. The second-order valence-corrected chi connectivity index (χ2v) is 6.68. The lowest BCUT2D eigenvalue weighted by Crippen LogP contribution is -2.36. The molecule has 0 aromatic heterocycles. The van der Waals surface area contributed by atoms with Gasteiger partial charge < -0.3 is 9.59 Å². The number of hydrogen-bond acceptors (Lipinski definition) is 2. The van der Waals surface area contributed by atoms with E-state index in [-0.39, 0.29) is 12.3 Å². The predicted molar refractivity (Wildman–Crippen MR) is 56.5 cm³/mol. The van der Waals surface area contributed by atoms with Crippen LogP contribution in [0.15, 0.2) is 0 Å². The van der Waals surface area contributed by atoms with Crippen LogP contribution in [0.1, 0.15) is 13.3 Å². The zero-order valence-corrected chi connectivity index (χ0v) is 10.1. The van der Waals surface area contributed by atoms with Gasteiger partial charge in [0, 0.05) is 13.0 Å². The van der Waals surface area contributed by atoms with Crippen LogP contribution in [0.3, 0.4) is 0 Å². The molecule has 0 aliphatic carbocycles. The lowest BCUT2D eigenvalue weighted by Gasteiger charge is -2.21. The molecular weight excluding hydrogens is 185 g/mol. The van der Waals surface area contributed by atoms with Crippen molar-refractivity contribution in [3.63, 3.8) is 0 Å².